The van der Waals surface area contributed by atoms with Crippen LogP contribution in [0.1, 0.15) is 36.0 Å². The highest BCUT2D eigenvalue weighted by Crippen LogP contribution is 2.28. The first-order chi connectivity index (χ1) is 13.5. The summed E-state index contributed by atoms with van der Waals surface area (Å²) in [5, 5.41) is 14.0. The Morgan fingerprint density at radius 1 is 1.21 bits per heavy atom. The Morgan fingerprint density at radius 2 is 1.89 bits per heavy atom. The second kappa shape index (κ2) is 8.83. The molecule has 1 aromatic heterocycles. The van der Waals surface area contributed by atoms with Crippen molar-refractivity contribution in [2.45, 2.75) is 37.8 Å². The van der Waals surface area contributed by atoms with Gasteiger partial charge in [0, 0.05) is 30.6 Å². The van der Waals surface area contributed by atoms with Crippen molar-refractivity contribution in [3.63, 3.8) is 0 Å². The Labute approximate surface area is 166 Å². The Morgan fingerprint density at radius 3 is 2.54 bits per heavy atom. The number of nitro benzene ring substituents is 1. The van der Waals surface area contributed by atoms with Crippen molar-refractivity contribution in [3.8, 4) is 11.8 Å². The fraction of sp³-hybridized carbons (Fsp3) is 0.389. The number of aromatic nitrogens is 2. The van der Waals surface area contributed by atoms with Gasteiger partial charge in [-0.05, 0) is 31.7 Å². The maximum atomic E-state index is 12.5. The summed E-state index contributed by atoms with van der Waals surface area (Å²) in [6.07, 6.45) is 5.83. The van der Waals surface area contributed by atoms with Gasteiger partial charge in [0.05, 0.1) is 22.6 Å². The van der Waals surface area contributed by atoms with Gasteiger partial charge in [-0.1, -0.05) is 11.6 Å². The second-order valence-corrected chi connectivity index (χ2v) is 6.76. The fourth-order valence-electron chi connectivity index (χ4n) is 3.08. The molecule has 0 bridgehead atoms. The smallest absolute Gasteiger partial charge is 0.278 e. The predicted molar refractivity (Wildman–Crippen MR) is 101 cm³/mol. The summed E-state index contributed by atoms with van der Waals surface area (Å²) < 4.78 is 11.0. The van der Waals surface area contributed by atoms with Crippen molar-refractivity contribution in [1.29, 1.82) is 0 Å². The van der Waals surface area contributed by atoms with Crippen LogP contribution >= 0.6 is 11.6 Å². The number of hydrogen-bond acceptors (Lipinski definition) is 7. The van der Waals surface area contributed by atoms with Gasteiger partial charge >= 0.3 is 0 Å². The third-order valence-electron chi connectivity index (χ3n) is 4.52. The maximum absolute atomic E-state index is 12.5. The second-order valence-electron chi connectivity index (χ2n) is 6.36. The zero-order valence-corrected chi connectivity index (χ0v) is 15.9. The lowest BCUT2D eigenvalue weighted by molar-refractivity contribution is -0.384. The van der Waals surface area contributed by atoms with Gasteiger partial charge in [0.1, 0.15) is 6.10 Å². The van der Waals surface area contributed by atoms with Crippen LogP contribution in [0.2, 0.25) is 5.02 Å². The molecule has 1 heterocycles. The summed E-state index contributed by atoms with van der Waals surface area (Å²) in [5.41, 5.74) is -0.0805. The number of carbonyl (C=O) groups excluding carboxylic acids is 1. The lowest BCUT2D eigenvalue weighted by Gasteiger charge is -2.29. The molecule has 3 rings (SSSR count). The van der Waals surface area contributed by atoms with Crippen LogP contribution in [0.4, 0.5) is 5.69 Å². The highest BCUT2D eigenvalue weighted by Gasteiger charge is 2.26. The minimum atomic E-state index is -0.559. The molecule has 28 heavy (non-hydrogen) atoms. The van der Waals surface area contributed by atoms with Crippen LogP contribution in [-0.2, 0) is 0 Å². The summed E-state index contributed by atoms with van der Waals surface area (Å²) in [7, 11) is 1.50. The molecule has 1 N–H and O–H groups in total. The van der Waals surface area contributed by atoms with E-state index in [0.29, 0.717) is 37.4 Å². The summed E-state index contributed by atoms with van der Waals surface area (Å²) in [6, 6.07) is 3.74. The minimum Gasteiger partial charge on any atom is -0.477 e. The molecule has 1 aromatic carbocycles. The molecular formula is C18H19ClN4O5. The third kappa shape index (κ3) is 4.66. The van der Waals surface area contributed by atoms with E-state index in [0.717, 1.165) is 0 Å². The molecule has 0 atom stereocenters. The summed E-state index contributed by atoms with van der Waals surface area (Å²) in [5.74, 6) is 0.257. The van der Waals surface area contributed by atoms with Crippen molar-refractivity contribution in [2.75, 3.05) is 7.11 Å². The lowest BCUT2D eigenvalue weighted by atomic mass is 9.92. The number of carbonyl (C=O) groups is 1. The molecule has 1 aliphatic carbocycles. The van der Waals surface area contributed by atoms with Crippen LogP contribution in [-0.4, -0.2) is 40.1 Å². The number of nitro groups is 1. The van der Waals surface area contributed by atoms with Crippen LogP contribution in [0.25, 0.3) is 0 Å². The zero-order valence-electron chi connectivity index (χ0n) is 15.1. The van der Waals surface area contributed by atoms with Crippen molar-refractivity contribution in [3.05, 3.63) is 51.3 Å². The average molecular weight is 407 g/mol. The van der Waals surface area contributed by atoms with Crippen LogP contribution in [0, 0.1) is 10.1 Å². The van der Waals surface area contributed by atoms with Crippen LogP contribution in [0.3, 0.4) is 0 Å². The van der Waals surface area contributed by atoms with Crippen molar-refractivity contribution >= 4 is 23.2 Å². The molecule has 9 nitrogen and oxygen atoms in total. The number of methoxy groups -OCH3 is 1. The van der Waals surface area contributed by atoms with E-state index >= 15 is 0 Å². The SMILES string of the molecule is COc1nccnc1OC1CCC(NC(=O)c2cc([N+](=O)[O-])ccc2Cl)CC1. The zero-order chi connectivity index (χ0) is 20.1. The van der Waals surface area contributed by atoms with Gasteiger partial charge in [0.25, 0.3) is 23.4 Å². The largest absolute Gasteiger partial charge is 0.477 e. The first-order valence-corrected chi connectivity index (χ1v) is 9.12. The van der Waals surface area contributed by atoms with Gasteiger partial charge in [-0.3, -0.25) is 14.9 Å². The van der Waals surface area contributed by atoms with E-state index in [4.69, 9.17) is 21.1 Å². The molecule has 2 aromatic rings. The van der Waals surface area contributed by atoms with Crippen molar-refractivity contribution in [2.24, 2.45) is 0 Å². The number of amides is 1. The van der Waals surface area contributed by atoms with Gasteiger partial charge in [-0.15, -0.1) is 0 Å². The quantitative estimate of drug-likeness (QED) is 0.578. The summed E-state index contributed by atoms with van der Waals surface area (Å²) in [6.45, 7) is 0. The first-order valence-electron chi connectivity index (χ1n) is 8.74. The van der Waals surface area contributed by atoms with Gasteiger partial charge in [0.2, 0.25) is 0 Å². The van der Waals surface area contributed by atoms with E-state index in [1.165, 1.54) is 37.7 Å². The number of nitrogens with zero attached hydrogens (tertiary/aromatic N) is 3. The molecule has 148 valence electrons. The number of hydrogen-bond donors (Lipinski definition) is 1. The Balaban J connectivity index is 1.56. The number of ether oxygens (including phenoxy) is 2. The third-order valence-corrected chi connectivity index (χ3v) is 4.85. The molecule has 0 spiro atoms. The molecule has 0 radical (unpaired) electrons. The Hall–Kier alpha value is -2.94. The number of halogens is 1. The van der Waals surface area contributed by atoms with Gasteiger partial charge in [-0.25, -0.2) is 9.97 Å². The molecule has 0 saturated heterocycles. The summed E-state index contributed by atoms with van der Waals surface area (Å²) in [4.78, 5) is 31.0. The van der Waals surface area contributed by atoms with E-state index in [2.05, 4.69) is 15.3 Å². The normalized spacial score (nSPS) is 18.9. The number of benzene rings is 1. The highest BCUT2D eigenvalue weighted by atomic mass is 35.5. The van der Waals surface area contributed by atoms with E-state index in [9.17, 15) is 14.9 Å². The number of non-ortho nitro benzene ring substituents is 1. The molecule has 1 saturated carbocycles. The van der Waals surface area contributed by atoms with Gasteiger partial charge < -0.3 is 14.8 Å². The van der Waals surface area contributed by atoms with Crippen LogP contribution in [0.15, 0.2) is 30.6 Å². The Kier molecular flexibility index (Phi) is 6.25. The van der Waals surface area contributed by atoms with E-state index in [1.54, 1.807) is 0 Å². The van der Waals surface area contributed by atoms with E-state index in [1.807, 2.05) is 0 Å². The molecule has 1 aliphatic rings. The van der Waals surface area contributed by atoms with E-state index < -0.39 is 10.8 Å². The van der Waals surface area contributed by atoms with Gasteiger partial charge in [0.15, 0.2) is 0 Å². The topological polar surface area (TPSA) is 116 Å². The van der Waals surface area contributed by atoms with Crippen molar-refractivity contribution < 1.29 is 19.2 Å². The van der Waals surface area contributed by atoms with Gasteiger partial charge in [-0.2, -0.15) is 0 Å². The summed E-state index contributed by atoms with van der Waals surface area (Å²) >= 11 is 6.03. The van der Waals surface area contributed by atoms with Crippen molar-refractivity contribution in [1.82, 2.24) is 15.3 Å². The molecular weight excluding hydrogens is 388 g/mol. The van der Waals surface area contributed by atoms with Crippen LogP contribution < -0.4 is 14.8 Å². The van der Waals surface area contributed by atoms with Crippen LogP contribution in [0.5, 0.6) is 11.8 Å². The molecule has 0 unspecified atom stereocenters. The highest BCUT2D eigenvalue weighted by molar-refractivity contribution is 6.33. The first kappa shape index (κ1) is 19.8. The lowest BCUT2D eigenvalue weighted by Crippen LogP contribution is -2.39. The fourth-order valence-corrected chi connectivity index (χ4v) is 3.28. The minimum absolute atomic E-state index is 0.0554. The predicted octanol–water partition coefficient (Wildman–Crippen LogP) is 3.17. The van der Waals surface area contributed by atoms with E-state index in [-0.39, 0.29) is 28.4 Å². The molecule has 1 amide bonds. The maximum Gasteiger partial charge on any atom is 0.278 e. The molecule has 10 heteroatoms. The average Bonchev–Trinajstić information content (AvgIpc) is 2.70. The molecule has 0 aliphatic heterocycles. The number of rotatable bonds is 6. The Bertz CT molecular complexity index is 871. The molecule has 1 fully saturated rings. The standard InChI is InChI=1S/C18H19ClN4O5/c1-27-17-18(21-9-8-20-17)28-13-5-2-11(3-6-13)22-16(24)14-10-12(23(25)26)4-7-15(14)19/h4,7-11,13H,2-3,5-6H2,1H3,(H,22,24). The number of nitrogens with one attached hydrogen (secondary N) is 1. The monoisotopic (exact) mass is 406 g/mol.